The number of phenols is 1. The monoisotopic (exact) mass is 282 g/mol. The quantitative estimate of drug-likeness (QED) is 0.797. The van der Waals surface area contributed by atoms with Crippen molar-refractivity contribution in [3.63, 3.8) is 0 Å². The van der Waals surface area contributed by atoms with Gasteiger partial charge in [0.15, 0.2) is 0 Å². The molecule has 0 spiro atoms. The molecule has 2 aromatic carbocycles. The fourth-order valence-corrected chi connectivity index (χ4v) is 2.40. The standard InChI is InChI=1S/C17H18N2O2/c1-11(12-8-9-12)10-18-17(21)19-15-6-2-5-14-13(15)4-3-7-16(14)20/h2-7,10,12,20H,8-9H2,1H3,(H2,18,19,21)/b11-10+. The van der Waals surface area contributed by atoms with Crippen LogP contribution in [-0.2, 0) is 0 Å². The second-order valence-corrected chi connectivity index (χ2v) is 5.44. The molecule has 2 aromatic rings. The molecule has 1 aliphatic carbocycles. The Bertz CT molecular complexity index is 718. The second-order valence-electron chi connectivity index (χ2n) is 5.44. The zero-order valence-corrected chi connectivity index (χ0v) is 11.9. The average Bonchev–Trinajstić information content (AvgIpc) is 3.31. The summed E-state index contributed by atoms with van der Waals surface area (Å²) in [4.78, 5) is 12.0. The van der Waals surface area contributed by atoms with Crippen LogP contribution in [-0.4, -0.2) is 11.1 Å². The van der Waals surface area contributed by atoms with E-state index in [1.807, 2.05) is 31.2 Å². The van der Waals surface area contributed by atoms with Gasteiger partial charge in [-0.1, -0.05) is 29.8 Å². The van der Waals surface area contributed by atoms with Gasteiger partial charge < -0.3 is 15.7 Å². The lowest BCUT2D eigenvalue weighted by molar-refractivity contribution is 0.255. The molecule has 4 heteroatoms. The third kappa shape index (κ3) is 2.99. The number of nitrogens with one attached hydrogen (secondary N) is 2. The Kier molecular flexibility index (Phi) is 3.52. The molecule has 1 fully saturated rings. The van der Waals surface area contributed by atoms with Crippen molar-refractivity contribution in [1.82, 2.24) is 5.32 Å². The highest BCUT2D eigenvalue weighted by Gasteiger charge is 2.22. The molecular weight excluding hydrogens is 264 g/mol. The van der Waals surface area contributed by atoms with E-state index >= 15 is 0 Å². The number of allylic oxidation sites excluding steroid dienone is 1. The van der Waals surface area contributed by atoms with E-state index in [9.17, 15) is 9.90 Å². The zero-order valence-electron chi connectivity index (χ0n) is 11.9. The van der Waals surface area contributed by atoms with Gasteiger partial charge in [0, 0.05) is 17.0 Å². The maximum absolute atomic E-state index is 12.0. The highest BCUT2D eigenvalue weighted by molar-refractivity contribution is 6.03. The highest BCUT2D eigenvalue weighted by Crippen LogP contribution is 2.35. The van der Waals surface area contributed by atoms with E-state index in [0.29, 0.717) is 11.6 Å². The number of hydrogen-bond acceptors (Lipinski definition) is 2. The van der Waals surface area contributed by atoms with Crippen molar-refractivity contribution in [2.45, 2.75) is 19.8 Å². The van der Waals surface area contributed by atoms with Gasteiger partial charge in [0.05, 0.1) is 5.69 Å². The lowest BCUT2D eigenvalue weighted by Gasteiger charge is -2.09. The van der Waals surface area contributed by atoms with Crippen molar-refractivity contribution >= 4 is 22.5 Å². The summed E-state index contributed by atoms with van der Waals surface area (Å²) >= 11 is 0. The summed E-state index contributed by atoms with van der Waals surface area (Å²) in [6.45, 7) is 2.04. The first kappa shape index (κ1) is 13.5. The van der Waals surface area contributed by atoms with Crippen LogP contribution < -0.4 is 10.6 Å². The molecule has 0 aliphatic heterocycles. The zero-order chi connectivity index (χ0) is 14.8. The summed E-state index contributed by atoms with van der Waals surface area (Å²) in [6.07, 6.45) is 4.21. The summed E-state index contributed by atoms with van der Waals surface area (Å²) in [7, 11) is 0. The Morgan fingerprint density at radius 2 is 1.90 bits per heavy atom. The fraction of sp³-hybridized carbons (Fsp3) is 0.235. The number of urea groups is 1. The van der Waals surface area contributed by atoms with Crippen LogP contribution in [0.3, 0.4) is 0 Å². The molecular formula is C17H18N2O2. The third-order valence-corrected chi connectivity index (χ3v) is 3.80. The number of phenolic OH excluding ortho intramolecular Hbond substituents is 1. The van der Waals surface area contributed by atoms with E-state index in [4.69, 9.17) is 0 Å². The number of hydrogen-bond donors (Lipinski definition) is 3. The Morgan fingerprint density at radius 1 is 1.19 bits per heavy atom. The maximum atomic E-state index is 12.0. The molecule has 0 radical (unpaired) electrons. The van der Waals surface area contributed by atoms with Crippen molar-refractivity contribution < 1.29 is 9.90 Å². The molecule has 1 saturated carbocycles. The van der Waals surface area contributed by atoms with Gasteiger partial charge in [-0.3, -0.25) is 0 Å². The third-order valence-electron chi connectivity index (χ3n) is 3.80. The van der Waals surface area contributed by atoms with Gasteiger partial charge in [-0.25, -0.2) is 4.79 Å². The SMILES string of the molecule is C/C(=C\NC(=O)Nc1cccc2c(O)cccc12)C1CC1. The van der Waals surface area contributed by atoms with E-state index in [0.717, 1.165) is 10.8 Å². The van der Waals surface area contributed by atoms with Crippen LogP contribution in [0.25, 0.3) is 10.8 Å². The van der Waals surface area contributed by atoms with Crippen molar-refractivity contribution in [1.29, 1.82) is 0 Å². The Morgan fingerprint density at radius 3 is 2.67 bits per heavy atom. The fourth-order valence-electron chi connectivity index (χ4n) is 2.40. The molecule has 21 heavy (non-hydrogen) atoms. The van der Waals surface area contributed by atoms with Crippen LogP contribution in [0.15, 0.2) is 48.2 Å². The summed E-state index contributed by atoms with van der Waals surface area (Å²) in [6, 6.07) is 10.4. The number of aromatic hydroxyl groups is 1. The minimum Gasteiger partial charge on any atom is -0.507 e. The Balaban J connectivity index is 1.77. The van der Waals surface area contributed by atoms with E-state index in [1.54, 1.807) is 18.3 Å². The number of fused-ring (bicyclic) bond motifs is 1. The summed E-state index contributed by atoms with van der Waals surface area (Å²) in [5, 5.41) is 17.0. The number of rotatable bonds is 3. The number of anilines is 1. The van der Waals surface area contributed by atoms with Crippen LogP contribution in [0.4, 0.5) is 10.5 Å². The average molecular weight is 282 g/mol. The first-order valence-corrected chi connectivity index (χ1v) is 7.10. The lowest BCUT2D eigenvalue weighted by atomic mass is 10.1. The van der Waals surface area contributed by atoms with Gasteiger partial charge >= 0.3 is 6.03 Å². The minimum absolute atomic E-state index is 0.209. The smallest absolute Gasteiger partial charge is 0.323 e. The molecule has 0 heterocycles. The van der Waals surface area contributed by atoms with Gasteiger partial charge in [-0.2, -0.15) is 0 Å². The molecule has 108 valence electrons. The van der Waals surface area contributed by atoms with Crippen LogP contribution >= 0.6 is 0 Å². The number of amides is 2. The second kappa shape index (κ2) is 5.48. The number of carbonyl (C=O) groups excluding carboxylic acids is 1. The predicted octanol–water partition coefficient (Wildman–Crippen LogP) is 3.98. The van der Waals surface area contributed by atoms with E-state index < -0.39 is 0 Å². The van der Waals surface area contributed by atoms with Gasteiger partial charge in [-0.05, 0) is 37.8 Å². The minimum atomic E-state index is -0.272. The van der Waals surface area contributed by atoms with Crippen molar-refractivity contribution in [2.24, 2.45) is 5.92 Å². The highest BCUT2D eigenvalue weighted by atomic mass is 16.3. The summed E-state index contributed by atoms with van der Waals surface area (Å²) < 4.78 is 0. The van der Waals surface area contributed by atoms with Crippen molar-refractivity contribution in [3.05, 3.63) is 48.2 Å². The van der Waals surface area contributed by atoms with Crippen molar-refractivity contribution in [3.8, 4) is 5.75 Å². The largest absolute Gasteiger partial charge is 0.507 e. The summed E-state index contributed by atoms with van der Waals surface area (Å²) in [5.41, 5.74) is 1.89. The van der Waals surface area contributed by atoms with Crippen LogP contribution in [0.2, 0.25) is 0 Å². The summed E-state index contributed by atoms with van der Waals surface area (Å²) in [5.74, 6) is 0.848. The molecule has 0 unspecified atom stereocenters. The molecule has 0 bridgehead atoms. The van der Waals surface area contributed by atoms with Crippen LogP contribution in [0.1, 0.15) is 19.8 Å². The van der Waals surface area contributed by atoms with Crippen LogP contribution in [0, 0.1) is 5.92 Å². The predicted molar refractivity (Wildman–Crippen MR) is 84.2 cm³/mol. The number of benzene rings is 2. The lowest BCUT2D eigenvalue weighted by Crippen LogP contribution is -2.24. The van der Waals surface area contributed by atoms with Gasteiger partial charge in [-0.15, -0.1) is 0 Å². The first-order chi connectivity index (χ1) is 10.1. The molecule has 0 aromatic heterocycles. The molecule has 0 saturated heterocycles. The van der Waals surface area contributed by atoms with Crippen molar-refractivity contribution in [2.75, 3.05) is 5.32 Å². The molecule has 1 aliphatic rings. The van der Waals surface area contributed by atoms with Crippen LogP contribution in [0.5, 0.6) is 5.75 Å². The molecule has 3 N–H and O–H groups in total. The normalized spacial score (nSPS) is 15.0. The molecule has 3 rings (SSSR count). The maximum Gasteiger partial charge on any atom is 0.323 e. The Hall–Kier alpha value is -2.49. The van der Waals surface area contributed by atoms with Gasteiger partial charge in [0.2, 0.25) is 0 Å². The van der Waals surface area contributed by atoms with E-state index in [2.05, 4.69) is 10.6 Å². The molecule has 4 nitrogen and oxygen atoms in total. The van der Waals surface area contributed by atoms with Gasteiger partial charge in [0.1, 0.15) is 5.75 Å². The van der Waals surface area contributed by atoms with E-state index in [1.165, 1.54) is 18.4 Å². The topological polar surface area (TPSA) is 61.4 Å². The first-order valence-electron chi connectivity index (χ1n) is 7.10. The number of carbonyl (C=O) groups is 1. The van der Waals surface area contributed by atoms with E-state index in [-0.39, 0.29) is 11.8 Å². The van der Waals surface area contributed by atoms with Gasteiger partial charge in [0.25, 0.3) is 0 Å². The Labute approximate surface area is 123 Å². The molecule has 0 atom stereocenters. The molecule has 2 amide bonds.